The lowest BCUT2D eigenvalue weighted by molar-refractivity contribution is -0.147. The van der Waals surface area contributed by atoms with Gasteiger partial charge in [0.2, 0.25) is 11.8 Å². The zero-order valence-electron chi connectivity index (χ0n) is 22.5. The number of nitrogens with zero attached hydrogens (tertiary/aromatic N) is 1. The van der Waals surface area contributed by atoms with Crippen molar-refractivity contribution in [3.8, 4) is 0 Å². The van der Waals surface area contributed by atoms with Crippen LogP contribution in [-0.4, -0.2) is 41.7 Å². The van der Waals surface area contributed by atoms with Crippen LogP contribution in [0.5, 0.6) is 0 Å². The summed E-state index contributed by atoms with van der Waals surface area (Å²) in [4.78, 5) is 52.8. The van der Waals surface area contributed by atoms with Crippen LogP contribution in [0.2, 0.25) is 0 Å². The van der Waals surface area contributed by atoms with Crippen LogP contribution in [0.4, 0.5) is 5.69 Å². The molecule has 7 nitrogen and oxygen atoms in total. The monoisotopic (exact) mass is 536 g/mol. The van der Waals surface area contributed by atoms with Crippen molar-refractivity contribution in [3.63, 3.8) is 0 Å². The third-order valence-corrected chi connectivity index (χ3v) is 8.50. The van der Waals surface area contributed by atoms with Crippen molar-refractivity contribution in [3.05, 3.63) is 101 Å². The first-order valence-electron chi connectivity index (χ1n) is 14.0. The number of hydrogen-bond donors (Lipinski definition) is 1. The molecule has 3 aliphatic carbocycles. The number of carbonyl (C=O) groups is 4. The van der Waals surface area contributed by atoms with Crippen LogP contribution in [-0.2, 0) is 23.9 Å². The highest BCUT2D eigenvalue weighted by molar-refractivity contribution is 6.07. The highest BCUT2D eigenvalue weighted by Crippen LogP contribution is 2.60. The maximum absolute atomic E-state index is 13.6. The summed E-state index contributed by atoms with van der Waals surface area (Å²) in [5.41, 5.74) is 6.41. The van der Waals surface area contributed by atoms with Crippen molar-refractivity contribution in [2.75, 3.05) is 18.5 Å². The van der Waals surface area contributed by atoms with Gasteiger partial charge >= 0.3 is 5.97 Å². The highest BCUT2D eigenvalue weighted by Gasteiger charge is 2.61. The van der Waals surface area contributed by atoms with E-state index in [4.69, 9.17) is 4.74 Å². The number of unbranched alkanes of at least 4 members (excludes halogenated alkanes) is 2. The first-order chi connectivity index (χ1) is 19.4. The molecule has 3 aromatic carbocycles. The van der Waals surface area contributed by atoms with Gasteiger partial charge in [0.1, 0.15) is 0 Å². The van der Waals surface area contributed by atoms with Crippen molar-refractivity contribution >= 4 is 29.4 Å². The predicted octanol–water partition coefficient (Wildman–Crippen LogP) is 4.93. The van der Waals surface area contributed by atoms with Gasteiger partial charge in [-0.1, -0.05) is 72.6 Å². The second kappa shape index (κ2) is 10.7. The van der Waals surface area contributed by atoms with Gasteiger partial charge in [-0.15, -0.1) is 0 Å². The van der Waals surface area contributed by atoms with Crippen molar-refractivity contribution < 1.29 is 23.9 Å². The van der Waals surface area contributed by atoms with Gasteiger partial charge < -0.3 is 10.1 Å². The third kappa shape index (κ3) is 4.59. The maximum atomic E-state index is 13.6. The fraction of sp³-hybridized carbons (Fsp3) is 0.333. The molecule has 0 spiro atoms. The Kier molecular flexibility index (Phi) is 6.96. The standard InChI is InChI=1S/C33H32N2O5/c1-20-14-16-21(17-15-20)34-26(36)19-40-27(37)13-3-2-8-18-35-32(38)30-28-22-9-4-5-10-23(22)29(31(30)33(35)39)25-12-7-6-11-24(25)28/h4-7,9-12,14-17,28-31H,2-3,8,13,18-19H2,1H3,(H,34,36)/t28?,29?,30-,31-/m1/s1. The number of amides is 3. The number of likely N-dealkylation sites (tertiary alicyclic amines) is 1. The summed E-state index contributed by atoms with van der Waals surface area (Å²) in [6.45, 7) is 1.98. The lowest BCUT2D eigenvalue weighted by Gasteiger charge is -2.45. The number of imide groups is 1. The molecular weight excluding hydrogens is 504 g/mol. The number of carbonyl (C=O) groups excluding carboxylic acids is 4. The zero-order valence-corrected chi connectivity index (χ0v) is 22.5. The Morgan fingerprint density at radius 3 is 1.80 bits per heavy atom. The van der Waals surface area contributed by atoms with E-state index in [0.717, 1.165) is 5.56 Å². The molecule has 3 aromatic rings. The topological polar surface area (TPSA) is 92.8 Å². The average Bonchev–Trinajstić information content (AvgIpc) is 3.22. The van der Waals surface area contributed by atoms with Gasteiger partial charge in [-0.25, -0.2) is 0 Å². The molecule has 1 fully saturated rings. The van der Waals surface area contributed by atoms with Crippen molar-refractivity contribution in [1.82, 2.24) is 4.90 Å². The van der Waals surface area contributed by atoms with E-state index >= 15 is 0 Å². The van der Waals surface area contributed by atoms with E-state index in [-0.39, 0.29) is 54.4 Å². The van der Waals surface area contributed by atoms with Gasteiger partial charge in [0, 0.05) is 30.5 Å². The lowest BCUT2D eigenvalue weighted by atomic mass is 9.55. The Labute approximate surface area is 233 Å². The Morgan fingerprint density at radius 2 is 1.27 bits per heavy atom. The second-order valence-electron chi connectivity index (χ2n) is 11.0. The number of anilines is 1. The van der Waals surface area contributed by atoms with Gasteiger partial charge in [0.05, 0.1) is 11.8 Å². The first-order valence-corrected chi connectivity index (χ1v) is 14.0. The minimum absolute atomic E-state index is 0.0759. The molecule has 2 atom stereocenters. The Morgan fingerprint density at radius 1 is 0.750 bits per heavy atom. The summed E-state index contributed by atoms with van der Waals surface area (Å²) >= 11 is 0. The van der Waals surface area contributed by atoms with E-state index < -0.39 is 5.97 Å². The fourth-order valence-corrected chi connectivity index (χ4v) is 6.73. The number of nitrogens with one attached hydrogen (secondary N) is 1. The molecule has 4 aliphatic rings. The maximum Gasteiger partial charge on any atom is 0.306 e. The van der Waals surface area contributed by atoms with Gasteiger partial charge in [0.25, 0.3) is 5.91 Å². The molecule has 0 saturated carbocycles. The van der Waals surface area contributed by atoms with E-state index in [9.17, 15) is 19.2 Å². The van der Waals surface area contributed by atoms with E-state index in [0.29, 0.717) is 31.5 Å². The molecule has 1 heterocycles. The van der Waals surface area contributed by atoms with Gasteiger partial charge in [0.15, 0.2) is 6.61 Å². The predicted molar refractivity (Wildman–Crippen MR) is 150 cm³/mol. The smallest absolute Gasteiger partial charge is 0.306 e. The van der Waals surface area contributed by atoms with Crippen LogP contribution in [0.1, 0.15) is 65.3 Å². The van der Waals surface area contributed by atoms with Crippen LogP contribution in [0.3, 0.4) is 0 Å². The molecule has 2 bridgehead atoms. The summed E-state index contributed by atoms with van der Waals surface area (Å²) in [6.07, 6.45) is 2.03. The summed E-state index contributed by atoms with van der Waals surface area (Å²) in [7, 11) is 0. The average molecular weight is 537 g/mol. The molecule has 1 N–H and O–H groups in total. The van der Waals surface area contributed by atoms with Crippen molar-refractivity contribution in [2.45, 2.75) is 44.4 Å². The van der Waals surface area contributed by atoms with Crippen molar-refractivity contribution in [1.29, 1.82) is 0 Å². The highest BCUT2D eigenvalue weighted by atomic mass is 16.5. The number of ether oxygens (including phenoxy) is 1. The molecule has 1 aliphatic heterocycles. The van der Waals surface area contributed by atoms with E-state index in [2.05, 4.69) is 29.6 Å². The number of esters is 1. The SMILES string of the molecule is Cc1ccc(NC(=O)COC(=O)CCCCCN2C(=O)[C@@H]3C4c5ccccc5C(c5ccccc54)[C@H]3C2=O)cc1. The van der Waals surface area contributed by atoms with Gasteiger partial charge in [-0.05, 0) is 54.2 Å². The molecule has 0 radical (unpaired) electrons. The molecule has 7 rings (SSSR count). The minimum atomic E-state index is -0.439. The quantitative estimate of drug-likeness (QED) is 0.238. The Bertz CT molecular complexity index is 1360. The summed E-state index contributed by atoms with van der Waals surface area (Å²) < 4.78 is 5.10. The summed E-state index contributed by atoms with van der Waals surface area (Å²) in [6, 6.07) is 23.8. The van der Waals surface area contributed by atoms with Crippen LogP contribution >= 0.6 is 0 Å². The minimum Gasteiger partial charge on any atom is -0.456 e. The molecule has 0 unspecified atom stereocenters. The molecule has 204 valence electrons. The normalized spacial score (nSPS) is 22.0. The van der Waals surface area contributed by atoms with Crippen LogP contribution in [0.25, 0.3) is 0 Å². The molecular formula is C33H32N2O5. The number of rotatable bonds is 9. The second-order valence-corrected chi connectivity index (χ2v) is 11.0. The molecule has 3 amide bonds. The van der Waals surface area contributed by atoms with E-state index in [1.54, 1.807) is 12.1 Å². The van der Waals surface area contributed by atoms with Gasteiger partial charge in [-0.3, -0.25) is 24.1 Å². The molecule has 1 saturated heterocycles. The Hall–Kier alpha value is -4.26. The van der Waals surface area contributed by atoms with Crippen LogP contribution in [0, 0.1) is 18.8 Å². The molecule has 7 heteroatoms. The van der Waals surface area contributed by atoms with E-state index in [1.165, 1.54) is 27.2 Å². The number of aryl methyl sites for hydroxylation is 1. The molecule has 0 aromatic heterocycles. The van der Waals surface area contributed by atoms with Crippen LogP contribution in [0.15, 0.2) is 72.8 Å². The van der Waals surface area contributed by atoms with E-state index in [1.807, 2.05) is 43.3 Å². The summed E-state index contributed by atoms with van der Waals surface area (Å²) in [5.74, 6) is -1.88. The number of hydrogen-bond acceptors (Lipinski definition) is 5. The van der Waals surface area contributed by atoms with Crippen molar-refractivity contribution in [2.24, 2.45) is 11.8 Å². The summed E-state index contributed by atoms with van der Waals surface area (Å²) in [5, 5.41) is 2.70. The zero-order chi connectivity index (χ0) is 27.8. The van der Waals surface area contributed by atoms with Gasteiger partial charge in [-0.2, -0.15) is 0 Å². The third-order valence-electron chi connectivity index (χ3n) is 8.50. The lowest BCUT2D eigenvalue weighted by Crippen LogP contribution is -2.41. The largest absolute Gasteiger partial charge is 0.456 e. The Balaban J connectivity index is 1.000. The fourth-order valence-electron chi connectivity index (χ4n) is 6.73. The number of benzene rings is 3. The molecule has 40 heavy (non-hydrogen) atoms. The van der Waals surface area contributed by atoms with Crippen LogP contribution < -0.4 is 5.32 Å². The first kappa shape index (κ1) is 26.0.